The van der Waals surface area contributed by atoms with Crippen molar-refractivity contribution in [1.82, 2.24) is 20.7 Å². The molecule has 0 atom stereocenters. The lowest BCUT2D eigenvalue weighted by molar-refractivity contribution is 0.791. The van der Waals surface area contributed by atoms with Gasteiger partial charge in [0.15, 0.2) is 0 Å². The SMILES string of the molecule is CCCN=C(NN)NCCc1cnc[nH]1. The molecule has 0 aliphatic rings. The first-order valence-corrected chi connectivity index (χ1v) is 5.09. The molecule has 1 heterocycles. The molecule has 1 aromatic heterocycles. The molecule has 0 unspecified atom stereocenters. The second-order valence-electron chi connectivity index (χ2n) is 3.13. The van der Waals surface area contributed by atoms with Gasteiger partial charge in [-0.25, -0.2) is 10.8 Å². The van der Waals surface area contributed by atoms with Crippen LogP contribution in [0.4, 0.5) is 0 Å². The summed E-state index contributed by atoms with van der Waals surface area (Å²) in [6.45, 7) is 3.62. The predicted molar refractivity (Wildman–Crippen MR) is 60.2 cm³/mol. The quantitative estimate of drug-likeness (QED) is 0.234. The summed E-state index contributed by atoms with van der Waals surface area (Å²) in [5, 5.41) is 3.11. The fourth-order valence-corrected chi connectivity index (χ4v) is 1.11. The molecule has 84 valence electrons. The summed E-state index contributed by atoms with van der Waals surface area (Å²) in [5.41, 5.74) is 3.62. The van der Waals surface area contributed by atoms with Crippen molar-refractivity contribution in [2.75, 3.05) is 13.1 Å². The van der Waals surface area contributed by atoms with Crippen LogP contribution in [0.3, 0.4) is 0 Å². The number of nitrogens with zero attached hydrogens (tertiary/aromatic N) is 2. The number of nitrogens with one attached hydrogen (secondary N) is 3. The molecule has 1 aromatic rings. The summed E-state index contributed by atoms with van der Waals surface area (Å²) < 4.78 is 0. The van der Waals surface area contributed by atoms with E-state index in [-0.39, 0.29) is 0 Å². The molecule has 0 aliphatic heterocycles. The lowest BCUT2D eigenvalue weighted by atomic mass is 10.3. The standard InChI is InChI=1S/C9H18N6/c1-2-4-12-9(15-10)13-5-3-8-6-11-7-14-8/h6-7H,2-5,10H2,1H3,(H,11,14)(H2,12,13,15). The summed E-state index contributed by atoms with van der Waals surface area (Å²) in [6, 6.07) is 0. The highest BCUT2D eigenvalue weighted by Gasteiger charge is 1.96. The van der Waals surface area contributed by atoms with Crippen molar-refractivity contribution < 1.29 is 0 Å². The highest BCUT2D eigenvalue weighted by molar-refractivity contribution is 5.79. The lowest BCUT2D eigenvalue weighted by Crippen LogP contribution is -2.42. The molecule has 5 N–H and O–H groups in total. The van der Waals surface area contributed by atoms with Crippen LogP contribution in [0.5, 0.6) is 0 Å². The van der Waals surface area contributed by atoms with E-state index >= 15 is 0 Å². The van der Waals surface area contributed by atoms with E-state index in [9.17, 15) is 0 Å². The van der Waals surface area contributed by atoms with Crippen LogP contribution in [0, 0.1) is 0 Å². The highest BCUT2D eigenvalue weighted by Crippen LogP contribution is 1.90. The Labute approximate surface area is 89.4 Å². The van der Waals surface area contributed by atoms with Gasteiger partial charge in [-0.2, -0.15) is 0 Å². The number of aromatic nitrogens is 2. The Kier molecular flexibility index (Phi) is 5.24. The Morgan fingerprint density at radius 1 is 1.67 bits per heavy atom. The van der Waals surface area contributed by atoms with Crippen molar-refractivity contribution in [2.24, 2.45) is 10.8 Å². The number of nitrogens with two attached hydrogens (primary N) is 1. The third-order valence-corrected chi connectivity index (χ3v) is 1.87. The zero-order valence-electron chi connectivity index (χ0n) is 8.95. The maximum atomic E-state index is 5.31. The van der Waals surface area contributed by atoms with Gasteiger partial charge in [0.2, 0.25) is 5.96 Å². The monoisotopic (exact) mass is 210 g/mol. The summed E-state index contributed by atoms with van der Waals surface area (Å²) >= 11 is 0. The highest BCUT2D eigenvalue weighted by atomic mass is 15.3. The Morgan fingerprint density at radius 2 is 2.53 bits per heavy atom. The van der Waals surface area contributed by atoms with Crippen LogP contribution in [0.1, 0.15) is 19.0 Å². The van der Waals surface area contributed by atoms with Gasteiger partial charge < -0.3 is 10.3 Å². The molecule has 6 nitrogen and oxygen atoms in total. The summed E-state index contributed by atoms with van der Waals surface area (Å²) in [4.78, 5) is 11.2. The number of aromatic amines is 1. The minimum Gasteiger partial charge on any atom is -0.355 e. The van der Waals surface area contributed by atoms with Crippen molar-refractivity contribution in [3.05, 3.63) is 18.2 Å². The van der Waals surface area contributed by atoms with E-state index in [1.807, 2.05) is 0 Å². The van der Waals surface area contributed by atoms with E-state index in [4.69, 9.17) is 5.84 Å². The predicted octanol–water partition coefficient (Wildman–Crippen LogP) is -0.229. The Morgan fingerprint density at radius 3 is 3.13 bits per heavy atom. The Bertz CT molecular complexity index is 279. The van der Waals surface area contributed by atoms with Crippen molar-refractivity contribution >= 4 is 5.96 Å². The number of aliphatic imine (C=N–C) groups is 1. The van der Waals surface area contributed by atoms with Gasteiger partial charge >= 0.3 is 0 Å². The van der Waals surface area contributed by atoms with E-state index in [1.165, 1.54) is 0 Å². The number of hydrazine groups is 1. The molecule has 0 aromatic carbocycles. The first-order chi connectivity index (χ1) is 7.36. The first-order valence-electron chi connectivity index (χ1n) is 5.09. The van der Waals surface area contributed by atoms with Crippen LogP contribution in [0.15, 0.2) is 17.5 Å². The third-order valence-electron chi connectivity index (χ3n) is 1.87. The molecule has 0 bridgehead atoms. The van der Waals surface area contributed by atoms with E-state index in [0.717, 1.165) is 31.6 Å². The fraction of sp³-hybridized carbons (Fsp3) is 0.556. The van der Waals surface area contributed by atoms with Crippen LogP contribution in [0.2, 0.25) is 0 Å². The summed E-state index contributed by atoms with van der Waals surface area (Å²) in [6.07, 6.45) is 5.35. The van der Waals surface area contributed by atoms with Crippen LogP contribution in [-0.2, 0) is 6.42 Å². The van der Waals surface area contributed by atoms with E-state index in [2.05, 4.69) is 32.6 Å². The molecule has 0 saturated heterocycles. The smallest absolute Gasteiger partial charge is 0.205 e. The van der Waals surface area contributed by atoms with Crippen LogP contribution < -0.4 is 16.6 Å². The minimum atomic E-state index is 0.636. The van der Waals surface area contributed by atoms with Gasteiger partial charge in [-0.3, -0.25) is 10.4 Å². The van der Waals surface area contributed by atoms with Gasteiger partial charge in [-0.15, -0.1) is 0 Å². The minimum absolute atomic E-state index is 0.636. The fourth-order valence-electron chi connectivity index (χ4n) is 1.11. The molecule has 1 rings (SSSR count). The average Bonchev–Trinajstić information content (AvgIpc) is 2.76. The normalized spacial score (nSPS) is 11.5. The molecule has 0 fully saturated rings. The first kappa shape index (κ1) is 11.5. The van der Waals surface area contributed by atoms with Crippen molar-refractivity contribution in [3.63, 3.8) is 0 Å². The topological polar surface area (TPSA) is 91.1 Å². The number of guanidine groups is 1. The van der Waals surface area contributed by atoms with Crippen molar-refractivity contribution in [2.45, 2.75) is 19.8 Å². The molecule has 6 heteroatoms. The molecule has 0 spiro atoms. The van der Waals surface area contributed by atoms with Crippen molar-refractivity contribution in [3.8, 4) is 0 Å². The van der Waals surface area contributed by atoms with Gasteiger partial charge in [-0.05, 0) is 6.42 Å². The molecule has 0 amide bonds. The summed E-state index contributed by atoms with van der Waals surface area (Å²) in [5.74, 6) is 5.95. The van der Waals surface area contributed by atoms with E-state index < -0.39 is 0 Å². The molecular formula is C9H18N6. The van der Waals surface area contributed by atoms with E-state index in [0.29, 0.717) is 5.96 Å². The van der Waals surface area contributed by atoms with Gasteiger partial charge in [-0.1, -0.05) is 6.92 Å². The van der Waals surface area contributed by atoms with Crippen molar-refractivity contribution in [1.29, 1.82) is 0 Å². The molecule has 0 radical (unpaired) electrons. The number of imidazole rings is 1. The molecule has 0 aliphatic carbocycles. The average molecular weight is 210 g/mol. The van der Waals surface area contributed by atoms with Gasteiger partial charge in [0, 0.05) is 31.4 Å². The lowest BCUT2D eigenvalue weighted by Gasteiger charge is -2.07. The Balaban J connectivity index is 2.23. The zero-order valence-corrected chi connectivity index (χ0v) is 8.95. The second-order valence-corrected chi connectivity index (χ2v) is 3.13. The van der Waals surface area contributed by atoms with Gasteiger partial charge in [0.05, 0.1) is 6.33 Å². The second kappa shape index (κ2) is 6.83. The molecular weight excluding hydrogens is 192 g/mol. The number of hydrogen-bond donors (Lipinski definition) is 4. The van der Waals surface area contributed by atoms with Crippen LogP contribution in [-0.4, -0.2) is 29.0 Å². The molecule has 15 heavy (non-hydrogen) atoms. The third kappa shape index (κ3) is 4.46. The van der Waals surface area contributed by atoms with E-state index in [1.54, 1.807) is 12.5 Å². The maximum Gasteiger partial charge on any atom is 0.205 e. The van der Waals surface area contributed by atoms with Gasteiger partial charge in [0.1, 0.15) is 0 Å². The molecule has 0 saturated carbocycles. The Hall–Kier alpha value is -1.56. The largest absolute Gasteiger partial charge is 0.355 e. The van der Waals surface area contributed by atoms with Crippen LogP contribution >= 0.6 is 0 Å². The maximum absolute atomic E-state index is 5.31. The number of H-pyrrole nitrogens is 1. The number of rotatable bonds is 5. The van der Waals surface area contributed by atoms with Gasteiger partial charge in [0.25, 0.3) is 0 Å². The zero-order chi connectivity index (χ0) is 10.9. The summed E-state index contributed by atoms with van der Waals surface area (Å²) in [7, 11) is 0. The number of hydrogen-bond acceptors (Lipinski definition) is 3. The van der Waals surface area contributed by atoms with Crippen LogP contribution in [0.25, 0.3) is 0 Å².